The average Bonchev–Trinajstić information content (AvgIpc) is 2.83. The number of hydrogen-bond donors (Lipinski definition) is 0. The fourth-order valence-corrected chi connectivity index (χ4v) is 5.08. The first-order chi connectivity index (χ1) is 9.91. The molecule has 116 valence electrons. The van der Waals surface area contributed by atoms with E-state index in [0.717, 1.165) is 37.8 Å². The van der Waals surface area contributed by atoms with E-state index in [2.05, 4.69) is 14.9 Å². The molecule has 1 spiro atoms. The fraction of sp³-hybridized carbons (Fsp3) is 0.714. The predicted molar refractivity (Wildman–Crippen MR) is 81.7 cm³/mol. The van der Waals surface area contributed by atoms with Crippen molar-refractivity contribution >= 4 is 16.0 Å². The van der Waals surface area contributed by atoms with Gasteiger partial charge in [-0.15, -0.1) is 0 Å². The summed E-state index contributed by atoms with van der Waals surface area (Å²) in [5.41, 5.74) is 0.768. The monoisotopic (exact) mass is 310 g/mol. The van der Waals surface area contributed by atoms with Crippen molar-refractivity contribution in [3.05, 3.63) is 18.0 Å². The second kappa shape index (κ2) is 5.21. The molecule has 0 radical (unpaired) electrons. The number of sulfonamides is 1. The minimum absolute atomic E-state index is 0.264. The van der Waals surface area contributed by atoms with E-state index in [-0.39, 0.29) is 5.54 Å². The third-order valence-electron chi connectivity index (χ3n) is 4.54. The summed E-state index contributed by atoms with van der Waals surface area (Å²) in [5.74, 6) is 0.708. The highest BCUT2D eigenvalue weighted by Crippen LogP contribution is 2.39. The van der Waals surface area contributed by atoms with Crippen LogP contribution in [0.3, 0.4) is 0 Å². The zero-order chi connectivity index (χ0) is 15.1. The Labute approximate surface area is 126 Å². The molecule has 0 N–H and O–H groups in total. The fourth-order valence-electron chi connectivity index (χ4n) is 3.67. The van der Waals surface area contributed by atoms with Gasteiger partial charge in [0, 0.05) is 32.0 Å². The zero-order valence-corrected chi connectivity index (χ0v) is 13.4. The summed E-state index contributed by atoms with van der Waals surface area (Å²) in [6.45, 7) is 4.19. The van der Waals surface area contributed by atoms with Crippen LogP contribution in [0.1, 0.15) is 31.2 Å². The van der Waals surface area contributed by atoms with E-state index in [0.29, 0.717) is 19.0 Å². The average molecular weight is 310 g/mol. The first kappa shape index (κ1) is 14.7. The molecule has 1 unspecified atom stereocenters. The molecule has 2 aliphatic rings. The van der Waals surface area contributed by atoms with Crippen LogP contribution < -0.4 is 4.90 Å². The van der Waals surface area contributed by atoms with Gasteiger partial charge in [-0.05, 0) is 38.2 Å². The molecule has 7 heteroatoms. The lowest BCUT2D eigenvalue weighted by Crippen LogP contribution is -2.57. The topological polar surface area (TPSA) is 66.4 Å². The molecule has 6 nitrogen and oxygen atoms in total. The quantitative estimate of drug-likeness (QED) is 0.820. The van der Waals surface area contributed by atoms with Crippen molar-refractivity contribution in [1.29, 1.82) is 0 Å². The number of hydrogen-bond acceptors (Lipinski definition) is 5. The molecule has 2 saturated heterocycles. The van der Waals surface area contributed by atoms with E-state index in [1.165, 1.54) is 6.26 Å². The zero-order valence-electron chi connectivity index (χ0n) is 12.6. The first-order valence-corrected chi connectivity index (χ1v) is 9.27. The van der Waals surface area contributed by atoms with E-state index in [9.17, 15) is 8.42 Å². The highest BCUT2D eigenvalue weighted by Gasteiger charge is 2.48. The molecule has 3 rings (SSSR count). The van der Waals surface area contributed by atoms with Crippen LogP contribution in [0, 0.1) is 6.92 Å². The largest absolute Gasteiger partial charge is 0.339 e. The van der Waals surface area contributed by atoms with Gasteiger partial charge in [0.2, 0.25) is 16.0 Å². The van der Waals surface area contributed by atoms with Gasteiger partial charge in [0.15, 0.2) is 0 Å². The molecule has 1 atom stereocenters. The van der Waals surface area contributed by atoms with Gasteiger partial charge in [-0.2, -0.15) is 4.31 Å². The Morgan fingerprint density at radius 1 is 1.14 bits per heavy atom. The van der Waals surface area contributed by atoms with E-state index < -0.39 is 10.0 Å². The molecular weight excluding hydrogens is 288 g/mol. The highest BCUT2D eigenvalue weighted by molar-refractivity contribution is 7.88. The van der Waals surface area contributed by atoms with Crippen LogP contribution in [0.5, 0.6) is 0 Å². The van der Waals surface area contributed by atoms with Crippen molar-refractivity contribution in [3.8, 4) is 0 Å². The van der Waals surface area contributed by atoms with Crippen LogP contribution in [0.15, 0.2) is 12.4 Å². The molecule has 0 saturated carbocycles. The maximum absolute atomic E-state index is 12.1. The summed E-state index contributed by atoms with van der Waals surface area (Å²) in [7, 11) is -3.16. The van der Waals surface area contributed by atoms with Gasteiger partial charge in [0.1, 0.15) is 0 Å². The highest BCUT2D eigenvalue weighted by atomic mass is 32.2. The molecular formula is C14H22N4O2S. The van der Waals surface area contributed by atoms with Crippen LogP contribution in [0.2, 0.25) is 0 Å². The number of aryl methyl sites for hydroxylation is 1. The molecule has 0 aromatic carbocycles. The number of piperidine rings is 1. The van der Waals surface area contributed by atoms with Crippen molar-refractivity contribution in [1.82, 2.24) is 14.3 Å². The van der Waals surface area contributed by atoms with Gasteiger partial charge >= 0.3 is 0 Å². The predicted octanol–water partition coefficient (Wildman–Crippen LogP) is 1.18. The molecule has 2 fully saturated rings. The summed E-state index contributed by atoms with van der Waals surface area (Å²) >= 11 is 0. The maximum atomic E-state index is 12.1. The van der Waals surface area contributed by atoms with Gasteiger partial charge in [-0.25, -0.2) is 18.4 Å². The van der Waals surface area contributed by atoms with Gasteiger partial charge in [0.25, 0.3) is 0 Å². The lowest BCUT2D eigenvalue weighted by Gasteiger charge is -2.44. The van der Waals surface area contributed by atoms with Crippen molar-refractivity contribution in [2.45, 2.75) is 38.1 Å². The molecule has 21 heavy (non-hydrogen) atoms. The third-order valence-corrected chi connectivity index (χ3v) is 5.91. The summed E-state index contributed by atoms with van der Waals surface area (Å²) in [6.07, 6.45) is 8.73. The lowest BCUT2D eigenvalue weighted by atomic mass is 9.88. The van der Waals surface area contributed by atoms with E-state index >= 15 is 0 Å². The number of anilines is 1. The normalized spacial score (nSPS) is 27.4. The summed E-state index contributed by atoms with van der Waals surface area (Å²) in [4.78, 5) is 10.9. The second-order valence-corrected chi connectivity index (χ2v) is 8.16. The Morgan fingerprint density at radius 3 is 2.38 bits per heavy atom. The van der Waals surface area contributed by atoms with Crippen molar-refractivity contribution in [3.63, 3.8) is 0 Å². The Morgan fingerprint density at radius 2 is 1.76 bits per heavy atom. The minimum Gasteiger partial charge on any atom is -0.339 e. The smallest absolute Gasteiger partial charge is 0.225 e. The lowest BCUT2D eigenvalue weighted by molar-refractivity contribution is 0.203. The van der Waals surface area contributed by atoms with Gasteiger partial charge < -0.3 is 4.90 Å². The number of nitrogens with zero attached hydrogens (tertiary/aromatic N) is 4. The second-order valence-electron chi connectivity index (χ2n) is 6.25. The molecule has 2 aliphatic heterocycles. The Kier molecular flexibility index (Phi) is 3.65. The van der Waals surface area contributed by atoms with Gasteiger partial charge in [-0.3, -0.25) is 0 Å². The van der Waals surface area contributed by atoms with Crippen molar-refractivity contribution in [2.75, 3.05) is 30.8 Å². The summed E-state index contributed by atoms with van der Waals surface area (Å²) in [5, 5.41) is 0. The standard InChI is InChI=1S/C14H22N4O2S/c1-12-9-15-13(16-10-12)17-7-3-5-14(11-17)6-4-8-18(14)21(2,19)20/h9-10H,3-8,11H2,1-2H3. The minimum atomic E-state index is -3.16. The maximum Gasteiger partial charge on any atom is 0.225 e. The van der Waals surface area contributed by atoms with Crippen LogP contribution in [-0.2, 0) is 10.0 Å². The molecule has 3 heterocycles. The van der Waals surface area contributed by atoms with Crippen LogP contribution >= 0.6 is 0 Å². The number of rotatable bonds is 2. The van der Waals surface area contributed by atoms with E-state index in [4.69, 9.17) is 0 Å². The Hall–Kier alpha value is -1.21. The molecule has 1 aromatic rings. The molecule has 0 aliphatic carbocycles. The first-order valence-electron chi connectivity index (χ1n) is 7.42. The van der Waals surface area contributed by atoms with Crippen LogP contribution in [-0.4, -0.2) is 54.1 Å². The molecule has 1 aromatic heterocycles. The SMILES string of the molecule is Cc1cnc(N2CCCC3(CCCN3S(C)(=O)=O)C2)nc1. The summed E-state index contributed by atoms with van der Waals surface area (Å²) in [6, 6.07) is 0. The van der Waals surface area contributed by atoms with E-state index in [1.807, 2.05) is 19.3 Å². The van der Waals surface area contributed by atoms with Gasteiger partial charge in [-0.1, -0.05) is 0 Å². The van der Waals surface area contributed by atoms with Crippen LogP contribution in [0.4, 0.5) is 5.95 Å². The van der Waals surface area contributed by atoms with Crippen molar-refractivity contribution < 1.29 is 8.42 Å². The third kappa shape index (κ3) is 2.76. The summed E-state index contributed by atoms with van der Waals surface area (Å²) < 4.78 is 25.9. The molecule has 0 bridgehead atoms. The van der Waals surface area contributed by atoms with Crippen molar-refractivity contribution in [2.24, 2.45) is 0 Å². The van der Waals surface area contributed by atoms with E-state index in [1.54, 1.807) is 4.31 Å². The molecule has 0 amide bonds. The van der Waals surface area contributed by atoms with Crippen LogP contribution in [0.25, 0.3) is 0 Å². The number of aromatic nitrogens is 2. The Bertz CT molecular complexity index is 616. The Balaban J connectivity index is 1.87. The van der Waals surface area contributed by atoms with Gasteiger partial charge in [0.05, 0.1) is 11.8 Å².